The molecule has 2 nitrogen and oxygen atoms in total. The van der Waals surface area contributed by atoms with Crippen molar-refractivity contribution in [3.8, 4) is 0 Å². The quantitative estimate of drug-likeness (QED) is 0.502. The Morgan fingerprint density at radius 3 is 2.67 bits per heavy atom. The van der Waals surface area contributed by atoms with E-state index < -0.39 is 0 Å². The van der Waals surface area contributed by atoms with E-state index in [-0.39, 0.29) is 11.5 Å². The number of carbonyl (C=O) groups excluding carboxylic acids is 1. The third-order valence-corrected chi connectivity index (χ3v) is 7.09. The molecule has 3 unspecified atom stereocenters. The minimum Gasteiger partial charge on any atom is -0.393 e. The number of aliphatic hydroxyl groups excluding tert-OH is 1. The molecule has 0 aliphatic heterocycles. The van der Waals surface area contributed by atoms with Gasteiger partial charge in [-0.2, -0.15) is 0 Å². The predicted octanol–water partition coefficient (Wildman–Crippen LogP) is 5.93. The molecule has 0 saturated heterocycles. The summed E-state index contributed by atoms with van der Waals surface area (Å²) in [5.74, 6) is 1.79. The summed E-state index contributed by atoms with van der Waals surface area (Å²) in [6, 6.07) is 0. The van der Waals surface area contributed by atoms with Crippen molar-refractivity contribution >= 4 is 5.78 Å². The second kappa shape index (κ2) is 9.17. The molecule has 0 amide bonds. The van der Waals surface area contributed by atoms with Crippen LogP contribution in [-0.4, -0.2) is 17.0 Å². The normalized spacial score (nSPS) is 31.2. The molecule has 5 atom stereocenters. The lowest BCUT2D eigenvalue weighted by Crippen LogP contribution is -2.35. The van der Waals surface area contributed by atoms with Gasteiger partial charge in [0.2, 0.25) is 0 Å². The zero-order valence-electron chi connectivity index (χ0n) is 16.7. The van der Waals surface area contributed by atoms with Gasteiger partial charge in [-0.3, -0.25) is 0 Å². The predicted molar refractivity (Wildman–Crippen MR) is 103 cm³/mol. The molecule has 0 spiro atoms. The highest BCUT2D eigenvalue weighted by Gasteiger charge is 2.39. The highest BCUT2D eigenvalue weighted by Crippen LogP contribution is 2.50. The van der Waals surface area contributed by atoms with Crippen LogP contribution in [0.25, 0.3) is 0 Å². The summed E-state index contributed by atoms with van der Waals surface area (Å²) in [5.41, 5.74) is 0.301. The summed E-state index contributed by atoms with van der Waals surface area (Å²) in [6.07, 6.45) is 11.5. The SMILES string of the molecule is C=CC[C@](C)(CCC1CC(CC)(CCC(C)=O)CCC1C)[C@H](C)O. The number of hydrogen-bond acceptors (Lipinski definition) is 2. The summed E-state index contributed by atoms with van der Waals surface area (Å²) >= 11 is 0. The second-order valence-electron chi connectivity index (χ2n) is 8.90. The van der Waals surface area contributed by atoms with Gasteiger partial charge in [-0.05, 0) is 81.5 Å². The van der Waals surface area contributed by atoms with Gasteiger partial charge in [-0.25, -0.2) is 0 Å². The van der Waals surface area contributed by atoms with E-state index in [1.807, 2.05) is 13.0 Å². The summed E-state index contributed by atoms with van der Waals surface area (Å²) in [6.45, 7) is 14.4. The van der Waals surface area contributed by atoms with Gasteiger partial charge in [0.1, 0.15) is 5.78 Å². The average Bonchev–Trinajstić information content (AvgIpc) is 2.53. The Hall–Kier alpha value is -0.630. The highest BCUT2D eigenvalue weighted by atomic mass is 16.3. The van der Waals surface area contributed by atoms with Crippen molar-refractivity contribution in [3.05, 3.63) is 12.7 Å². The van der Waals surface area contributed by atoms with Gasteiger partial charge in [0.15, 0.2) is 0 Å². The topological polar surface area (TPSA) is 37.3 Å². The standard InChI is InChI=1S/C22H40O2/c1-7-12-21(6,19(5)24)13-11-20-16-22(8-2,14-9-17(20)3)15-10-18(4)23/h7,17,19-20,24H,1,8-16H2,2-6H3/t17?,19-,20?,21+,22?/m0/s1. The van der Waals surface area contributed by atoms with E-state index in [2.05, 4.69) is 27.4 Å². The van der Waals surface area contributed by atoms with Crippen molar-refractivity contribution in [2.75, 3.05) is 0 Å². The highest BCUT2D eigenvalue weighted by molar-refractivity contribution is 5.75. The molecule has 0 aromatic heterocycles. The zero-order chi connectivity index (χ0) is 18.4. The fourth-order valence-corrected chi connectivity index (χ4v) is 4.51. The molecule has 0 radical (unpaired) electrons. The van der Waals surface area contributed by atoms with Gasteiger partial charge >= 0.3 is 0 Å². The molecular weight excluding hydrogens is 296 g/mol. The van der Waals surface area contributed by atoms with Crippen molar-refractivity contribution in [2.45, 2.75) is 98.5 Å². The van der Waals surface area contributed by atoms with Crippen LogP contribution >= 0.6 is 0 Å². The largest absolute Gasteiger partial charge is 0.393 e. The minimum atomic E-state index is -0.303. The first kappa shape index (κ1) is 21.4. The lowest BCUT2D eigenvalue weighted by molar-refractivity contribution is -0.117. The van der Waals surface area contributed by atoms with Crippen molar-refractivity contribution in [1.29, 1.82) is 0 Å². The van der Waals surface area contributed by atoms with Crippen molar-refractivity contribution in [2.24, 2.45) is 22.7 Å². The Morgan fingerprint density at radius 2 is 2.17 bits per heavy atom. The maximum Gasteiger partial charge on any atom is 0.129 e. The third kappa shape index (κ3) is 5.72. The molecule has 1 aliphatic carbocycles. The molecule has 0 heterocycles. The summed E-state index contributed by atoms with van der Waals surface area (Å²) in [4.78, 5) is 11.5. The molecule has 1 fully saturated rings. The minimum absolute atomic E-state index is 0.0623. The van der Waals surface area contributed by atoms with E-state index >= 15 is 0 Å². The molecule has 24 heavy (non-hydrogen) atoms. The van der Waals surface area contributed by atoms with E-state index in [1.54, 1.807) is 6.92 Å². The van der Waals surface area contributed by atoms with Crippen LogP contribution in [0.1, 0.15) is 92.4 Å². The first-order valence-corrected chi connectivity index (χ1v) is 9.96. The Bertz CT molecular complexity index is 414. The monoisotopic (exact) mass is 336 g/mol. The molecule has 1 N–H and O–H groups in total. The maximum atomic E-state index is 11.5. The zero-order valence-corrected chi connectivity index (χ0v) is 16.7. The van der Waals surface area contributed by atoms with Gasteiger partial charge < -0.3 is 9.90 Å². The maximum absolute atomic E-state index is 11.5. The smallest absolute Gasteiger partial charge is 0.129 e. The van der Waals surface area contributed by atoms with E-state index in [4.69, 9.17) is 0 Å². The van der Waals surface area contributed by atoms with Crippen molar-refractivity contribution in [1.82, 2.24) is 0 Å². The van der Waals surface area contributed by atoms with E-state index in [0.29, 0.717) is 17.1 Å². The molecule has 0 bridgehead atoms. The number of Topliss-reactive ketones (excluding diaryl/α,β-unsaturated/α-hetero) is 1. The van der Waals surface area contributed by atoms with Crippen molar-refractivity contribution in [3.63, 3.8) is 0 Å². The summed E-state index contributed by atoms with van der Waals surface area (Å²) in [7, 11) is 0. The van der Waals surface area contributed by atoms with Crippen LogP contribution in [0.5, 0.6) is 0 Å². The van der Waals surface area contributed by atoms with Crippen LogP contribution in [0.15, 0.2) is 12.7 Å². The van der Waals surface area contributed by atoms with E-state index in [9.17, 15) is 9.90 Å². The Morgan fingerprint density at radius 1 is 1.50 bits per heavy atom. The van der Waals surface area contributed by atoms with Crippen LogP contribution in [0.4, 0.5) is 0 Å². The molecule has 1 aliphatic rings. The van der Waals surface area contributed by atoms with Gasteiger partial charge in [-0.15, -0.1) is 6.58 Å². The molecule has 1 rings (SSSR count). The van der Waals surface area contributed by atoms with Gasteiger partial charge in [-0.1, -0.05) is 33.3 Å². The molecule has 1 saturated carbocycles. The van der Waals surface area contributed by atoms with Crippen LogP contribution in [0.2, 0.25) is 0 Å². The Labute approximate surface area is 150 Å². The summed E-state index contributed by atoms with van der Waals surface area (Å²) < 4.78 is 0. The van der Waals surface area contributed by atoms with Crippen LogP contribution < -0.4 is 0 Å². The van der Waals surface area contributed by atoms with Gasteiger partial charge in [0.25, 0.3) is 0 Å². The number of carbonyl (C=O) groups is 1. The van der Waals surface area contributed by atoms with Gasteiger partial charge in [0, 0.05) is 6.42 Å². The molecule has 2 heteroatoms. The number of ketones is 1. The van der Waals surface area contributed by atoms with Gasteiger partial charge in [0.05, 0.1) is 6.10 Å². The lowest BCUT2D eigenvalue weighted by Gasteiger charge is -2.45. The first-order valence-electron chi connectivity index (χ1n) is 9.96. The number of hydrogen-bond donors (Lipinski definition) is 1. The molecule has 0 aromatic rings. The lowest BCUT2D eigenvalue weighted by atomic mass is 9.60. The van der Waals surface area contributed by atoms with Crippen LogP contribution in [-0.2, 0) is 4.79 Å². The first-order chi connectivity index (χ1) is 11.2. The number of aliphatic hydroxyl groups is 1. The van der Waals surface area contributed by atoms with E-state index in [1.165, 1.54) is 32.1 Å². The fraction of sp³-hybridized carbons (Fsp3) is 0.864. The molecule has 140 valence electrons. The third-order valence-electron chi connectivity index (χ3n) is 7.09. The molecule has 0 aromatic carbocycles. The number of rotatable bonds is 10. The van der Waals surface area contributed by atoms with Crippen molar-refractivity contribution < 1.29 is 9.90 Å². The molecular formula is C22H40O2. The Kier molecular flexibility index (Phi) is 8.19. The van der Waals surface area contributed by atoms with Crippen LogP contribution in [0.3, 0.4) is 0 Å². The number of allylic oxidation sites excluding steroid dienone is 1. The van der Waals surface area contributed by atoms with E-state index in [0.717, 1.165) is 31.6 Å². The Balaban J connectivity index is 2.74. The second-order valence-corrected chi connectivity index (χ2v) is 8.90. The average molecular weight is 337 g/mol. The summed E-state index contributed by atoms with van der Waals surface area (Å²) in [5, 5.41) is 10.2. The fourth-order valence-electron chi connectivity index (χ4n) is 4.51. The van der Waals surface area contributed by atoms with Crippen LogP contribution in [0, 0.1) is 22.7 Å².